The molecule has 0 amide bonds. The standard InChI is InChI=1S/C52H94O6/c1-4-7-10-13-16-19-22-25-28-30-33-36-39-42-45-51(54)57-48-49(58-52(55)46-43-40-37-34-31-27-24-21-18-15-12-9-6-3)47-56-50(53)44-41-38-35-32-29-26-23-20-17-14-11-8-5-2/h12,15,21-22,24-25,49H,4-11,13-14,16-20,23,26-48H2,1-3H3/b15-12-,24-21-,25-22-. The van der Waals surface area contributed by atoms with Crippen LogP contribution < -0.4 is 0 Å². The van der Waals surface area contributed by atoms with Crippen LogP contribution in [0.5, 0.6) is 0 Å². The van der Waals surface area contributed by atoms with Crippen molar-refractivity contribution >= 4 is 17.9 Å². The van der Waals surface area contributed by atoms with E-state index in [9.17, 15) is 14.4 Å². The van der Waals surface area contributed by atoms with Gasteiger partial charge in [-0.1, -0.05) is 205 Å². The van der Waals surface area contributed by atoms with Crippen LogP contribution in [0.15, 0.2) is 36.5 Å². The number of rotatable bonds is 45. The van der Waals surface area contributed by atoms with Gasteiger partial charge in [-0.2, -0.15) is 0 Å². The molecule has 0 fully saturated rings. The van der Waals surface area contributed by atoms with Gasteiger partial charge in [-0.15, -0.1) is 0 Å². The number of hydrogen-bond donors (Lipinski definition) is 0. The number of unbranched alkanes of at least 4 members (excludes halogenated alkanes) is 28. The van der Waals surface area contributed by atoms with Gasteiger partial charge in [0, 0.05) is 19.3 Å². The van der Waals surface area contributed by atoms with E-state index in [1.165, 1.54) is 122 Å². The quantitative estimate of drug-likeness (QED) is 0.0264. The molecule has 1 atom stereocenters. The van der Waals surface area contributed by atoms with Gasteiger partial charge in [-0.25, -0.2) is 0 Å². The van der Waals surface area contributed by atoms with Crippen molar-refractivity contribution in [3.63, 3.8) is 0 Å². The number of allylic oxidation sites excluding steroid dienone is 6. The molecule has 0 heterocycles. The molecule has 0 radical (unpaired) electrons. The third-order valence-corrected chi connectivity index (χ3v) is 10.8. The molecule has 58 heavy (non-hydrogen) atoms. The molecule has 0 aromatic carbocycles. The van der Waals surface area contributed by atoms with E-state index in [4.69, 9.17) is 14.2 Å². The lowest BCUT2D eigenvalue weighted by molar-refractivity contribution is -0.167. The molecule has 0 aromatic heterocycles. The van der Waals surface area contributed by atoms with Crippen molar-refractivity contribution in [3.8, 4) is 0 Å². The summed E-state index contributed by atoms with van der Waals surface area (Å²) < 4.78 is 16.8. The van der Waals surface area contributed by atoms with Crippen LogP contribution in [0.3, 0.4) is 0 Å². The van der Waals surface area contributed by atoms with Crippen molar-refractivity contribution in [1.29, 1.82) is 0 Å². The zero-order valence-corrected chi connectivity index (χ0v) is 38.6. The second-order valence-electron chi connectivity index (χ2n) is 16.7. The SMILES string of the molecule is CCC/C=C\C/C=C\CCCCCCCC(=O)OC(COC(=O)CCCCCCC/C=C\CCCCCCC)COC(=O)CCCCCCCCCCCCCCC. The minimum absolute atomic E-state index is 0.0779. The monoisotopic (exact) mass is 815 g/mol. The number of hydrogen-bond acceptors (Lipinski definition) is 6. The van der Waals surface area contributed by atoms with Crippen molar-refractivity contribution < 1.29 is 28.6 Å². The molecule has 0 saturated carbocycles. The first-order valence-corrected chi connectivity index (χ1v) is 25.0. The maximum Gasteiger partial charge on any atom is 0.306 e. The fraction of sp³-hybridized carbons (Fsp3) is 0.827. The largest absolute Gasteiger partial charge is 0.462 e. The van der Waals surface area contributed by atoms with Gasteiger partial charge < -0.3 is 14.2 Å². The van der Waals surface area contributed by atoms with Gasteiger partial charge in [0.1, 0.15) is 13.2 Å². The van der Waals surface area contributed by atoms with E-state index in [1.807, 2.05) is 0 Å². The topological polar surface area (TPSA) is 78.9 Å². The van der Waals surface area contributed by atoms with Crippen molar-refractivity contribution in [2.75, 3.05) is 13.2 Å². The van der Waals surface area contributed by atoms with Gasteiger partial charge in [0.25, 0.3) is 0 Å². The normalized spacial score (nSPS) is 12.3. The number of ether oxygens (including phenoxy) is 3. The second kappa shape index (κ2) is 47.3. The van der Waals surface area contributed by atoms with Crippen molar-refractivity contribution in [1.82, 2.24) is 0 Å². The van der Waals surface area contributed by atoms with Gasteiger partial charge in [-0.3, -0.25) is 14.4 Å². The predicted molar refractivity (Wildman–Crippen MR) is 247 cm³/mol. The number of esters is 3. The maximum atomic E-state index is 12.8. The third kappa shape index (κ3) is 44.7. The van der Waals surface area contributed by atoms with Gasteiger partial charge in [0.05, 0.1) is 0 Å². The van der Waals surface area contributed by atoms with Crippen LogP contribution in [0.2, 0.25) is 0 Å². The molecule has 0 bridgehead atoms. The number of carbonyl (C=O) groups excluding carboxylic acids is 3. The second-order valence-corrected chi connectivity index (χ2v) is 16.7. The highest BCUT2D eigenvalue weighted by molar-refractivity contribution is 5.71. The van der Waals surface area contributed by atoms with Crippen LogP contribution in [0, 0.1) is 0 Å². The fourth-order valence-corrected chi connectivity index (χ4v) is 7.06. The average Bonchev–Trinajstić information content (AvgIpc) is 3.22. The molecule has 338 valence electrons. The van der Waals surface area contributed by atoms with Crippen LogP contribution in [0.25, 0.3) is 0 Å². The van der Waals surface area contributed by atoms with E-state index in [0.717, 1.165) is 96.3 Å². The molecule has 0 aliphatic heterocycles. The fourth-order valence-electron chi connectivity index (χ4n) is 7.06. The molecule has 6 heteroatoms. The summed E-state index contributed by atoms with van der Waals surface area (Å²) in [7, 11) is 0. The lowest BCUT2D eigenvalue weighted by Crippen LogP contribution is -2.30. The van der Waals surface area contributed by atoms with E-state index in [0.29, 0.717) is 19.3 Å². The van der Waals surface area contributed by atoms with Gasteiger partial charge in [0.2, 0.25) is 0 Å². The first-order valence-electron chi connectivity index (χ1n) is 25.0. The van der Waals surface area contributed by atoms with E-state index in [-0.39, 0.29) is 31.1 Å². The Balaban J connectivity index is 4.38. The van der Waals surface area contributed by atoms with Crippen LogP contribution >= 0.6 is 0 Å². The summed E-state index contributed by atoms with van der Waals surface area (Å²) in [4.78, 5) is 37.9. The summed E-state index contributed by atoms with van der Waals surface area (Å²) in [6, 6.07) is 0. The Morgan fingerprint density at radius 1 is 0.345 bits per heavy atom. The molecule has 6 nitrogen and oxygen atoms in total. The van der Waals surface area contributed by atoms with Crippen molar-refractivity contribution in [2.24, 2.45) is 0 Å². The molecule has 0 aliphatic rings. The predicted octanol–water partition coefficient (Wildman–Crippen LogP) is 16.1. The third-order valence-electron chi connectivity index (χ3n) is 10.8. The molecule has 0 aromatic rings. The van der Waals surface area contributed by atoms with Crippen LogP contribution in [-0.2, 0) is 28.6 Å². The summed E-state index contributed by atoms with van der Waals surface area (Å²) >= 11 is 0. The van der Waals surface area contributed by atoms with Gasteiger partial charge >= 0.3 is 17.9 Å². The highest BCUT2D eigenvalue weighted by Crippen LogP contribution is 2.15. The van der Waals surface area contributed by atoms with Gasteiger partial charge in [-0.05, 0) is 70.6 Å². The lowest BCUT2D eigenvalue weighted by atomic mass is 10.0. The van der Waals surface area contributed by atoms with E-state index in [1.54, 1.807) is 0 Å². The number of carbonyl (C=O) groups is 3. The highest BCUT2D eigenvalue weighted by Gasteiger charge is 2.19. The molecule has 0 saturated heterocycles. The summed E-state index contributed by atoms with van der Waals surface area (Å²) in [5, 5.41) is 0. The smallest absolute Gasteiger partial charge is 0.306 e. The summed E-state index contributed by atoms with van der Waals surface area (Å²) in [6.07, 6.45) is 54.0. The van der Waals surface area contributed by atoms with Crippen LogP contribution in [0.4, 0.5) is 0 Å². The minimum atomic E-state index is -0.778. The Morgan fingerprint density at radius 3 is 1.03 bits per heavy atom. The zero-order chi connectivity index (χ0) is 42.3. The summed E-state index contributed by atoms with van der Waals surface area (Å²) in [5.74, 6) is -0.894. The van der Waals surface area contributed by atoms with Crippen LogP contribution in [-0.4, -0.2) is 37.2 Å². The Kier molecular flexibility index (Phi) is 45.4. The molecular weight excluding hydrogens is 721 g/mol. The first kappa shape index (κ1) is 55.6. The molecule has 0 spiro atoms. The maximum absolute atomic E-state index is 12.8. The minimum Gasteiger partial charge on any atom is -0.462 e. The first-order chi connectivity index (χ1) is 28.5. The van der Waals surface area contributed by atoms with Crippen LogP contribution in [0.1, 0.15) is 258 Å². The summed E-state index contributed by atoms with van der Waals surface area (Å²) in [5.41, 5.74) is 0. The highest BCUT2D eigenvalue weighted by atomic mass is 16.6. The Hall–Kier alpha value is -2.37. The van der Waals surface area contributed by atoms with Crippen molar-refractivity contribution in [3.05, 3.63) is 36.5 Å². The van der Waals surface area contributed by atoms with E-state index in [2.05, 4.69) is 57.2 Å². The molecule has 1 unspecified atom stereocenters. The van der Waals surface area contributed by atoms with E-state index >= 15 is 0 Å². The van der Waals surface area contributed by atoms with Gasteiger partial charge in [0.15, 0.2) is 6.10 Å². The Labute approximate surface area is 359 Å². The van der Waals surface area contributed by atoms with Crippen molar-refractivity contribution in [2.45, 2.75) is 264 Å². The molecule has 0 aliphatic carbocycles. The molecule has 0 N–H and O–H groups in total. The molecular formula is C52H94O6. The zero-order valence-electron chi connectivity index (χ0n) is 38.6. The Morgan fingerprint density at radius 2 is 0.655 bits per heavy atom. The molecule has 0 rings (SSSR count). The lowest BCUT2D eigenvalue weighted by Gasteiger charge is -2.18. The Bertz CT molecular complexity index is 984. The summed E-state index contributed by atoms with van der Waals surface area (Å²) in [6.45, 7) is 6.56. The van der Waals surface area contributed by atoms with E-state index < -0.39 is 6.10 Å². The average molecular weight is 815 g/mol.